The maximum atomic E-state index is 14.0. The zero-order chi connectivity index (χ0) is 24.1. The largest absolute Gasteiger partial charge is 0.383 e. The molecule has 1 amide bonds. The number of hydrogen-bond acceptors (Lipinski definition) is 7. The molecule has 4 aromatic rings. The highest BCUT2D eigenvalue weighted by molar-refractivity contribution is 7.19. The predicted octanol–water partition coefficient (Wildman–Crippen LogP) is 5.51. The highest BCUT2D eigenvalue weighted by Crippen LogP contribution is 2.39. The van der Waals surface area contributed by atoms with Crippen molar-refractivity contribution in [2.45, 2.75) is 0 Å². The molecule has 0 bridgehead atoms. The van der Waals surface area contributed by atoms with Crippen molar-refractivity contribution >= 4 is 39.7 Å². The minimum absolute atomic E-state index is 0.0960. The number of carbonyl (C=O) groups is 1. The van der Waals surface area contributed by atoms with Crippen LogP contribution in [0.2, 0.25) is 5.28 Å². The summed E-state index contributed by atoms with van der Waals surface area (Å²) in [5.74, 6) is -2.78. The third kappa shape index (κ3) is 5.36. The monoisotopic (exact) mass is 501 g/mol. The van der Waals surface area contributed by atoms with E-state index in [1.54, 1.807) is 43.6 Å². The number of amides is 1. The molecule has 0 aliphatic carbocycles. The topological polar surface area (TPSA) is 89.0 Å². The van der Waals surface area contributed by atoms with Gasteiger partial charge in [-0.05, 0) is 41.9 Å². The van der Waals surface area contributed by atoms with Crippen molar-refractivity contribution in [3.8, 4) is 21.8 Å². The Morgan fingerprint density at radius 3 is 2.62 bits per heavy atom. The fraction of sp³-hybridized carbons (Fsp3) is 0.130. The normalized spacial score (nSPS) is 10.8. The van der Waals surface area contributed by atoms with E-state index in [-0.39, 0.29) is 5.28 Å². The summed E-state index contributed by atoms with van der Waals surface area (Å²) in [6, 6.07) is 11.8. The molecule has 0 saturated carbocycles. The average molecular weight is 502 g/mol. The second-order valence-electron chi connectivity index (χ2n) is 6.96. The quantitative estimate of drug-likeness (QED) is 0.244. The first kappa shape index (κ1) is 23.7. The van der Waals surface area contributed by atoms with Crippen molar-refractivity contribution < 1.29 is 18.3 Å². The van der Waals surface area contributed by atoms with Crippen molar-refractivity contribution in [3.05, 3.63) is 77.2 Å². The van der Waals surface area contributed by atoms with Crippen LogP contribution in [0.4, 0.5) is 19.6 Å². The lowest BCUT2D eigenvalue weighted by atomic mass is 10.1. The number of carbonyl (C=O) groups excluding carboxylic acids is 1. The summed E-state index contributed by atoms with van der Waals surface area (Å²) in [6.45, 7) is 1.05. The lowest BCUT2D eigenvalue weighted by molar-refractivity contribution is 0.101. The van der Waals surface area contributed by atoms with Crippen LogP contribution in [-0.2, 0) is 4.74 Å². The second-order valence-corrected chi connectivity index (χ2v) is 8.30. The lowest BCUT2D eigenvalue weighted by Gasteiger charge is -2.09. The molecule has 11 heteroatoms. The summed E-state index contributed by atoms with van der Waals surface area (Å²) in [6.07, 6.45) is 1.55. The Morgan fingerprint density at radius 2 is 1.88 bits per heavy atom. The van der Waals surface area contributed by atoms with Crippen molar-refractivity contribution in [2.75, 3.05) is 30.9 Å². The summed E-state index contributed by atoms with van der Waals surface area (Å²) < 4.78 is 33.1. The lowest BCUT2D eigenvalue weighted by Crippen LogP contribution is -2.15. The molecule has 2 N–H and O–H groups in total. The summed E-state index contributed by atoms with van der Waals surface area (Å²) in [5.41, 5.74) is 1.52. The molecule has 34 heavy (non-hydrogen) atoms. The predicted molar refractivity (Wildman–Crippen MR) is 128 cm³/mol. The number of methoxy groups -OCH3 is 1. The Balaban J connectivity index is 1.68. The summed E-state index contributed by atoms with van der Waals surface area (Å²) in [4.78, 5) is 26.1. The van der Waals surface area contributed by atoms with E-state index >= 15 is 0 Å². The zero-order valence-corrected chi connectivity index (χ0v) is 19.4. The third-order valence-electron chi connectivity index (χ3n) is 4.65. The van der Waals surface area contributed by atoms with Gasteiger partial charge in [-0.1, -0.05) is 29.5 Å². The van der Waals surface area contributed by atoms with Crippen LogP contribution >= 0.6 is 22.9 Å². The molecule has 0 spiro atoms. The van der Waals surface area contributed by atoms with Crippen LogP contribution in [0.1, 0.15) is 10.4 Å². The third-order valence-corrected chi connectivity index (χ3v) is 5.87. The number of rotatable bonds is 8. The minimum atomic E-state index is -0.942. The Morgan fingerprint density at radius 1 is 1.12 bits per heavy atom. The highest BCUT2D eigenvalue weighted by Gasteiger charge is 2.19. The van der Waals surface area contributed by atoms with Crippen LogP contribution < -0.4 is 10.6 Å². The van der Waals surface area contributed by atoms with Gasteiger partial charge in [-0.3, -0.25) is 4.79 Å². The molecule has 2 aromatic carbocycles. The van der Waals surface area contributed by atoms with Gasteiger partial charge in [0.05, 0.1) is 22.9 Å². The van der Waals surface area contributed by atoms with Gasteiger partial charge in [-0.2, -0.15) is 0 Å². The number of thiazole rings is 1. The van der Waals surface area contributed by atoms with Crippen LogP contribution in [-0.4, -0.2) is 41.1 Å². The number of aromatic nitrogens is 3. The van der Waals surface area contributed by atoms with Crippen molar-refractivity contribution in [1.82, 2.24) is 15.0 Å². The summed E-state index contributed by atoms with van der Waals surface area (Å²) in [7, 11) is 1.61. The zero-order valence-electron chi connectivity index (χ0n) is 17.8. The van der Waals surface area contributed by atoms with Crippen LogP contribution in [0.5, 0.6) is 0 Å². The van der Waals surface area contributed by atoms with E-state index in [9.17, 15) is 13.6 Å². The van der Waals surface area contributed by atoms with Gasteiger partial charge >= 0.3 is 0 Å². The van der Waals surface area contributed by atoms with Gasteiger partial charge in [0, 0.05) is 31.1 Å². The van der Waals surface area contributed by atoms with E-state index in [0.717, 1.165) is 17.0 Å². The number of anilines is 2. The minimum Gasteiger partial charge on any atom is -0.383 e. The highest BCUT2D eigenvalue weighted by atomic mass is 35.5. The van der Waals surface area contributed by atoms with E-state index in [1.807, 2.05) is 0 Å². The van der Waals surface area contributed by atoms with Crippen LogP contribution in [0.3, 0.4) is 0 Å². The van der Waals surface area contributed by atoms with E-state index in [4.69, 9.17) is 16.3 Å². The van der Waals surface area contributed by atoms with Crippen molar-refractivity contribution in [3.63, 3.8) is 0 Å². The maximum absolute atomic E-state index is 14.0. The number of ether oxygens (including phenoxy) is 1. The van der Waals surface area contributed by atoms with E-state index < -0.39 is 23.1 Å². The molecule has 0 radical (unpaired) electrons. The number of halogens is 3. The molecule has 2 heterocycles. The molecule has 4 rings (SSSR count). The molecule has 0 saturated heterocycles. The van der Waals surface area contributed by atoms with Crippen LogP contribution in [0, 0.1) is 11.6 Å². The average Bonchev–Trinajstić information content (AvgIpc) is 3.24. The molecule has 0 aliphatic heterocycles. The molecule has 0 fully saturated rings. The van der Waals surface area contributed by atoms with Gasteiger partial charge in [0.1, 0.15) is 17.2 Å². The van der Waals surface area contributed by atoms with Gasteiger partial charge < -0.3 is 15.4 Å². The smallest absolute Gasteiger partial charge is 0.261 e. The number of nitrogens with one attached hydrogen (secondary N) is 2. The first-order valence-electron chi connectivity index (χ1n) is 10.0. The maximum Gasteiger partial charge on any atom is 0.261 e. The molecule has 2 aromatic heterocycles. The number of hydrogen-bond donors (Lipinski definition) is 2. The standard InChI is InChI=1S/C23H18ClF2N5O2S/c1-33-11-10-28-23-31-19(20(34-23)17-8-9-27-22(24)30-17)13-4-2-5-14(12-13)29-21(32)18-15(25)6-3-7-16(18)26/h2-9,12H,10-11H2,1H3,(H,28,31)(H,29,32). The molecular weight excluding hydrogens is 484 g/mol. The Hall–Kier alpha value is -3.47. The SMILES string of the molecule is COCCNc1nc(-c2cccc(NC(=O)c3c(F)cccc3F)c2)c(-c2ccnc(Cl)n2)s1. The molecule has 0 atom stereocenters. The molecule has 174 valence electrons. The molecular formula is C23H18ClF2N5O2S. The van der Waals surface area contributed by atoms with E-state index in [2.05, 4.69) is 25.6 Å². The van der Waals surface area contributed by atoms with E-state index in [1.165, 1.54) is 17.4 Å². The number of nitrogens with zero attached hydrogens (tertiary/aromatic N) is 3. The first-order chi connectivity index (χ1) is 16.5. The molecule has 0 unspecified atom stereocenters. The van der Waals surface area contributed by atoms with Crippen LogP contribution in [0.25, 0.3) is 21.8 Å². The van der Waals surface area contributed by atoms with Crippen molar-refractivity contribution in [1.29, 1.82) is 0 Å². The van der Waals surface area contributed by atoms with Crippen molar-refractivity contribution in [2.24, 2.45) is 0 Å². The van der Waals surface area contributed by atoms with Gasteiger partial charge in [-0.15, -0.1) is 0 Å². The Bertz CT molecular complexity index is 1310. The van der Waals surface area contributed by atoms with Gasteiger partial charge in [-0.25, -0.2) is 23.7 Å². The molecule has 7 nitrogen and oxygen atoms in total. The summed E-state index contributed by atoms with van der Waals surface area (Å²) in [5, 5.41) is 6.47. The van der Waals surface area contributed by atoms with Gasteiger partial charge in [0.25, 0.3) is 5.91 Å². The second kappa shape index (κ2) is 10.6. The Kier molecular flexibility index (Phi) is 7.41. The number of benzene rings is 2. The van der Waals surface area contributed by atoms with E-state index in [0.29, 0.717) is 40.9 Å². The van der Waals surface area contributed by atoms with Crippen LogP contribution in [0.15, 0.2) is 54.7 Å². The fourth-order valence-corrected chi connectivity index (χ4v) is 4.27. The molecule has 0 aliphatic rings. The fourth-order valence-electron chi connectivity index (χ4n) is 3.14. The first-order valence-corrected chi connectivity index (χ1v) is 11.2. The van der Waals surface area contributed by atoms with Gasteiger partial charge in [0.2, 0.25) is 5.28 Å². The van der Waals surface area contributed by atoms with Gasteiger partial charge in [0.15, 0.2) is 5.13 Å². The summed E-state index contributed by atoms with van der Waals surface area (Å²) >= 11 is 7.36. The Labute approximate surface area is 202 Å².